The molecule has 1 heterocycles. The molecule has 0 radical (unpaired) electrons. The van der Waals surface area contributed by atoms with Crippen LogP contribution < -0.4 is 0 Å². The lowest BCUT2D eigenvalue weighted by molar-refractivity contribution is -0.0330. The predicted octanol–water partition coefficient (Wildman–Crippen LogP) is 3.12. The van der Waals surface area contributed by atoms with Crippen LogP contribution in [0, 0.1) is 42.4 Å². The first kappa shape index (κ1) is 16.5. The summed E-state index contributed by atoms with van der Waals surface area (Å²) in [4.78, 5) is 2.29. The summed E-state index contributed by atoms with van der Waals surface area (Å²) in [6, 6.07) is 10.9. The van der Waals surface area contributed by atoms with E-state index in [1.165, 1.54) is 16.7 Å². The normalized spacial score (nSPS) is 20.1. The third-order valence-electron chi connectivity index (χ3n) is 4.19. The highest BCUT2D eigenvalue weighted by Crippen LogP contribution is 2.26. The quantitative estimate of drug-likeness (QED) is 0.838. The summed E-state index contributed by atoms with van der Waals surface area (Å²) in [6.45, 7) is 7.30. The lowest BCUT2D eigenvalue weighted by Gasteiger charge is -2.34. The van der Waals surface area contributed by atoms with Gasteiger partial charge in [0.05, 0.1) is 30.8 Å². The smallest absolute Gasteiger partial charge is 0.0954 e. The number of ether oxygens (including phenoxy) is 1. The Kier molecular flexibility index (Phi) is 5.95. The van der Waals surface area contributed by atoms with Gasteiger partial charge < -0.3 is 4.74 Å². The Balaban J connectivity index is 1.99. The van der Waals surface area contributed by atoms with E-state index in [0.29, 0.717) is 19.4 Å². The molecule has 1 fully saturated rings. The lowest BCUT2D eigenvalue weighted by atomic mass is 9.99. The number of hydrogen-bond donors (Lipinski definition) is 0. The molecule has 0 saturated carbocycles. The highest BCUT2D eigenvalue weighted by atomic mass is 16.5. The molecule has 22 heavy (non-hydrogen) atoms. The molecule has 1 aromatic carbocycles. The molecule has 1 saturated heterocycles. The zero-order valence-electron chi connectivity index (χ0n) is 13.4. The summed E-state index contributed by atoms with van der Waals surface area (Å²) in [6.07, 6.45) is 1.17. The molecule has 2 rings (SSSR count). The van der Waals surface area contributed by atoms with Crippen molar-refractivity contribution in [3.05, 3.63) is 34.9 Å². The van der Waals surface area contributed by atoms with Gasteiger partial charge in [-0.1, -0.05) is 23.8 Å². The van der Waals surface area contributed by atoms with Crippen LogP contribution in [0.25, 0.3) is 0 Å². The maximum Gasteiger partial charge on any atom is 0.0954 e. The second-order valence-corrected chi connectivity index (χ2v) is 6.00. The van der Waals surface area contributed by atoms with Crippen LogP contribution in [0.3, 0.4) is 0 Å². The minimum absolute atomic E-state index is 0.0717. The molecule has 2 atom stereocenters. The van der Waals surface area contributed by atoms with Crippen LogP contribution in [0.1, 0.15) is 35.6 Å². The molecule has 0 N–H and O–H groups in total. The Hall–Kier alpha value is -1.88. The minimum Gasteiger partial charge on any atom is -0.371 e. The Bertz CT molecular complexity index is 585. The molecule has 0 bridgehead atoms. The van der Waals surface area contributed by atoms with Gasteiger partial charge in [0.25, 0.3) is 0 Å². The van der Waals surface area contributed by atoms with Crippen molar-refractivity contribution in [1.29, 1.82) is 10.5 Å². The molecular weight excluding hydrogens is 274 g/mol. The van der Waals surface area contributed by atoms with Crippen molar-refractivity contribution in [2.75, 3.05) is 26.2 Å². The van der Waals surface area contributed by atoms with Crippen molar-refractivity contribution in [3.8, 4) is 12.1 Å². The van der Waals surface area contributed by atoms with Crippen LogP contribution in [0.5, 0.6) is 0 Å². The van der Waals surface area contributed by atoms with E-state index >= 15 is 0 Å². The van der Waals surface area contributed by atoms with E-state index in [0.717, 1.165) is 19.6 Å². The summed E-state index contributed by atoms with van der Waals surface area (Å²) in [5.74, 6) is -0.0717. The average molecular weight is 297 g/mol. The van der Waals surface area contributed by atoms with Crippen LogP contribution in [0.15, 0.2) is 18.2 Å². The molecule has 1 aromatic rings. The summed E-state index contributed by atoms with van der Waals surface area (Å²) < 4.78 is 5.93. The van der Waals surface area contributed by atoms with E-state index in [9.17, 15) is 5.26 Å². The number of hydrogen-bond acceptors (Lipinski definition) is 4. The van der Waals surface area contributed by atoms with Gasteiger partial charge in [0, 0.05) is 26.1 Å². The molecule has 1 aliphatic heterocycles. The third kappa shape index (κ3) is 4.31. The first-order chi connectivity index (χ1) is 10.6. The Morgan fingerprint density at radius 3 is 2.86 bits per heavy atom. The van der Waals surface area contributed by atoms with Gasteiger partial charge in [-0.2, -0.15) is 10.5 Å². The minimum atomic E-state index is -0.0717. The van der Waals surface area contributed by atoms with Crippen LogP contribution in [0.2, 0.25) is 0 Å². The van der Waals surface area contributed by atoms with Crippen LogP contribution in [-0.4, -0.2) is 31.1 Å². The maximum atomic E-state index is 9.22. The molecule has 1 aliphatic rings. The van der Waals surface area contributed by atoms with Crippen LogP contribution in [-0.2, 0) is 4.74 Å². The standard InChI is InChI=1S/C18H23N3O/c1-14-5-6-17(15(2)10-14)18-13-21(8-9-22-18)12-16(11-20)4-3-7-19/h5-6,10,16,18H,3-4,8-9,12-13H2,1-2H3. The molecule has 0 amide bonds. The fourth-order valence-corrected chi connectivity index (χ4v) is 2.99. The Morgan fingerprint density at radius 2 is 2.18 bits per heavy atom. The predicted molar refractivity (Wildman–Crippen MR) is 85.0 cm³/mol. The van der Waals surface area contributed by atoms with E-state index in [1.54, 1.807) is 0 Å². The highest BCUT2D eigenvalue weighted by Gasteiger charge is 2.25. The van der Waals surface area contributed by atoms with Crippen molar-refractivity contribution >= 4 is 0 Å². The monoisotopic (exact) mass is 297 g/mol. The van der Waals surface area contributed by atoms with E-state index in [-0.39, 0.29) is 12.0 Å². The van der Waals surface area contributed by atoms with Crippen LogP contribution in [0.4, 0.5) is 0 Å². The highest BCUT2D eigenvalue weighted by molar-refractivity contribution is 5.32. The van der Waals surface area contributed by atoms with Crippen molar-refractivity contribution in [2.45, 2.75) is 32.8 Å². The first-order valence-corrected chi connectivity index (χ1v) is 7.81. The van der Waals surface area contributed by atoms with E-state index in [2.05, 4.69) is 49.1 Å². The second-order valence-electron chi connectivity index (χ2n) is 6.00. The van der Waals surface area contributed by atoms with Crippen LogP contribution >= 0.6 is 0 Å². The molecule has 2 unspecified atom stereocenters. The number of aryl methyl sites for hydroxylation is 2. The molecule has 0 aromatic heterocycles. The van der Waals surface area contributed by atoms with Gasteiger partial charge in [0.1, 0.15) is 0 Å². The molecule has 4 nitrogen and oxygen atoms in total. The van der Waals surface area contributed by atoms with Crippen molar-refractivity contribution in [3.63, 3.8) is 0 Å². The number of benzene rings is 1. The van der Waals surface area contributed by atoms with Crippen molar-refractivity contribution in [2.24, 2.45) is 5.92 Å². The fourth-order valence-electron chi connectivity index (χ4n) is 2.99. The largest absolute Gasteiger partial charge is 0.371 e. The first-order valence-electron chi connectivity index (χ1n) is 7.81. The number of rotatable bonds is 5. The average Bonchev–Trinajstić information content (AvgIpc) is 2.51. The molecule has 0 spiro atoms. The topological polar surface area (TPSA) is 60.0 Å². The maximum absolute atomic E-state index is 9.22. The zero-order valence-corrected chi connectivity index (χ0v) is 13.4. The van der Waals surface area contributed by atoms with E-state index < -0.39 is 0 Å². The number of nitrogens with zero attached hydrogens (tertiary/aromatic N) is 3. The summed E-state index contributed by atoms with van der Waals surface area (Å²) in [5, 5.41) is 17.9. The Labute approximate surface area is 132 Å². The molecular formula is C18H23N3O. The van der Waals surface area contributed by atoms with Gasteiger partial charge in [0.15, 0.2) is 0 Å². The molecule has 4 heteroatoms. The van der Waals surface area contributed by atoms with E-state index in [1.807, 2.05) is 0 Å². The zero-order chi connectivity index (χ0) is 15.9. The van der Waals surface area contributed by atoms with Gasteiger partial charge >= 0.3 is 0 Å². The van der Waals surface area contributed by atoms with Gasteiger partial charge in [-0.05, 0) is 31.4 Å². The van der Waals surface area contributed by atoms with Gasteiger partial charge in [-0.3, -0.25) is 4.90 Å². The van der Waals surface area contributed by atoms with Gasteiger partial charge in [0.2, 0.25) is 0 Å². The summed E-state index contributed by atoms with van der Waals surface area (Å²) >= 11 is 0. The van der Waals surface area contributed by atoms with Crippen molar-refractivity contribution in [1.82, 2.24) is 4.90 Å². The van der Waals surface area contributed by atoms with Gasteiger partial charge in [-0.25, -0.2) is 0 Å². The lowest BCUT2D eigenvalue weighted by Crippen LogP contribution is -2.41. The molecule has 0 aliphatic carbocycles. The summed E-state index contributed by atoms with van der Waals surface area (Å²) in [7, 11) is 0. The second kappa shape index (κ2) is 7.94. The Morgan fingerprint density at radius 1 is 1.36 bits per heavy atom. The molecule has 116 valence electrons. The number of morpholine rings is 1. The van der Waals surface area contributed by atoms with Crippen molar-refractivity contribution < 1.29 is 4.74 Å². The fraction of sp³-hybridized carbons (Fsp3) is 0.556. The summed E-state index contributed by atoms with van der Waals surface area (Å²) in [5.41, 5.74) is 3.75. The van der Waals surface area contributed by atoms with E-state index in [4.69, 9.17) is 10.00 Å². The number of nitriles is 2. The SMILES string of the molecule is Cc1ccc(C2CN(CC(C#N)CCC#N)CCO2)c(C)c1. The third-order valence-corrected chi connectivity index (χ3v) is 4.19. The van der Waals surface area contributed by atoms with Gasteiger partial charge in [-0.15, -0.1) is 0 Å².